The Balaban J connectivity index is 1.63. The predicted octanol–water partition coefficient (Wildman–Crippen LogP) is 5.86. The van der Waals surface area contributed by atoms with Crippen molar-refractivity contribution in [3.05, 3.63) is 101 Å². The minimum Gasteiger partial charge on any atom is -0.489 e. The van der Waals surface area contributed by atoms with Gasteiger partial charge in [0, 0.05) is 19.5 Å². The minimum atomic E-state index is -0.329. The third-order valence-electron chi connectivity index (χ3n) is 5.94. The normalized spacial score (nSPS) is 10.8. The van der Waals surface area contributed by atoms with E-state index in [0.29, 0.717) is 18.6 Å². The second-order valence-electron chi connectivity index (χ2n) is 8.76. The van der Waals surface area contributed by atoms with Crippen molar-refractivity contribution >= 4 is 11.8 Å². The lowest BCUT2D eigenvalue weighted by atomic mass is 10.1. The SMILES string of the molecule is COC(=O)c1ccc(CN(CCCCC(C)=O)CCc2ccccc2OCc2ccccc2)cc1. The number of para-hydroxylation sites is 1. The Bertz CT molecular complexity index is 1060. The van der Waals surface area contributed by atoms with Crippen molar-refractivity contribution in [2.24, 2.45) is 0 Å². The number of carbonyl (C=O) groups excluding carboxylic acids is 2. The van der Waals surface area contributed by atoms with Crippen LogP contribution in [0.1, 0.15) is 53.2 Å². The molecular weight excluding hydrogens is 438 g/mol. The van der Waals surface area contributed by atoms with Crippen molar-refractivity contribution in [2.45, 2.75) is 45.8 Å². The van der Waals surface area contributed by atoms with Crippen LogP contribution in [0.2, 0.25) is 0 Å². The molecule has 0 aromatic heterocycles. The number of methoxy groups -OCH3 is 1. The van der Waals surface area contributed by atoms with Gasteiger partial charge in [-0.05, 0) is 67.6 Å². The van der Waals surface area contributed by atoms with Gasteiger partial charge in [-0.25, -0.2) is 4.79 Å². The van der Waals surface area contributed by atoms with Crippen molar-refractivity contribution in [3.63, 3.8) is 0 Å². The van der Waals surface area contributed by atoms with Gasteiger partial charge in [-0.1, -0.05) is 60.7 Å². The summed E-state index contributed by atoms with van der Waals surface area (Å²) in [7, 11) is 1.39. The van der Waals surface area contributed by atoms with E-state index in [1.54, 1.807) is 6.92 Å². The van der Waals surface area contributed by atoms with Gasteiger partial charge in [0.1, 0.15) is 18.1 Å². The number of ketones is 1. The van der Waals surface area contributed by atoms with Crippen LogP contribution in [0.25, 0.3) is 0 Å². The summed E-state index contributed by atoms with van der Waals surface area (Å²) < 4.78 is 10.9. The molecule has 0 aliphatic heterocycles. The number of nitrogens with zero attached hydrogens (tertiary/aromatic N) is 1. The Kier molecular flexibility index (Phi) is 10.5. The fourth-order valence-electron chi connectivity index (χ4n) is 3.97. The second kappa shape index (κ2) is 14.1. The van der Waals surface area contributed by atoms with Crippen LogP contribution in [0.3, 0.4) is 0 Å². The number of rotatable bonds is 14. The molecule has 0 bridgehead atoms. The lowest BCUT2D eigenvalue weighted by molar-refractivity contribution is -0.117. The van der Waals surface area contributed by atoms with Gasteiger partial charge in [0.05, 0.1) is 12.7 Å². The van der Waals surface area contributed by atoms with Gasteiger partial charge in [0.15, 0.2) is 0 Å². The first kappa shape index (κ1) is 26.2. The Morgan fingerprint density at radius 3 is 2.23 bits per heavy atom. The van der Waals surface area contributed by atoms with Gasteiger partial charge >= 0.3 is 5.97 Å². The molecule has 3 aromatic rings. The molecule has 0 saturated heterocycles. The smallest absolute Gasteiger partial charge is 0.337 e. The Morgan fingerprint density at radius 2 is 1.51 bits per heavy atom. The Labute approximate surface area is 208 Å². The molecule has 3 aromatic carbocycles. The highest BCUT2D eigenvalue weighted by Crippen LogP contribution is 2.21. The summed E-state index contributed by atoms with van der Waals surface area (Å²) in [6.07, 6.45) is 3.34. The molecular formula is C30H35NO4. The third-order valence-corrected chi connectivity index (χ3v) is 5.94. The van der Waals surface area contributed by atoms with Crippen LogP contribution >= 0.6 is 0 Å². The number of unbranched alkanes of at least 4 members (excludes halogenated alkanes) is 1. The first-order valence-corrected chi connectivity index (χ1v) is 12.2. The van der Waals surface area contributed by atoms with Gasteiger partial charge in [0.25, 0.3) is 0 Å². The van der Waals surface area contributed by atoms with Crippen LogP contribution in [0.15, 0.2) is 78.9 Å². The first-order valence-electron chi connectivity index (χ1n) is 12.2. The number of esters is 1. The molecule has 35 heavy (non-hydrogen) atoms. The van der Waals surface area contributed by atoms with E-state index in [2.05, 4.69) is 23.1 Å². The zero-order valence-corrected chi connectivity index (χ0v) is 20.7. The van der Waals surface area contributed by atoms with E-state index in [9.17, 15) is 9.59 Å². The topological polar surface area (TPSA) is 55.8 Å². The van der Waals surface area contributed by atoms with Gasteiger partial charge in [0.2, 0.25) is 0 Å². The maximum absolute atomic E-state index is 11.7. The van der Waals surface area contributed by atoms with Crippen LogP contribution in [0.5, 0.6) is 5.75 Å². The average molecular weight is 474 g/mol. The lowest BCUT2D eigenvalue weighted by Gasteiger charge is -2.23. The number of carbonyl (C=O) groups is 2. The number of benzene rings is 3. The van der Waals surface area contributed by atoms with E-state index in [1.165, 1.54) is 12.7 Å². The molecule has 5 heteroatoms. The second-order valence-corrected chi connectivity index (χ2v) is 8.76. The third kappa shape index (κ3) is 9.02. The fourth-order valence-corrected chi connectivity index (χ4v) is 3.97. The molecule has 0 unspecified atom stereocenters. The summed E-state index contributed by atoms with van der Waals surface area (Å²) in [5.41, 5.74) is 4.01. The summed E-state index contributed by atoms with van der Waals surface area (Å²) >= 11 is 0. The molecule has 0 heterocycles. The number of ether oxygens (including phenoxy) is 2. The van der Waals surface area contributed by atoms with Gasteiger partial charge in [-0.2, -0.15) is 0 Å². The standard InChI is InChI=1S/C30H35NO4/c1-24(32)10-8-9-20-31(22-25-15-17-28(18-16-25)30(33)34-2)21-19-27-13-6-7-14-29(27)35-23-26-11-4-3-5-12-26/h3-7,11-18H,8-10,19-23H2,1-2H3. The molecule has 0 aliphatic rings. The molecule has 0 N–H and O–H groups in total. The van der Waals surface area contributed by atoms with Crippen LogP contribution in [0.4, 0.5) is 0 Å². The molecule has 0 atom stereocenters. The summed E-state index contributed by atoms with van der Waals surface area (Å²) in [5.74, 6) is 0.819. The van der Waals surface area contributed by atoms with Crippen molar-refractivity contribution in [2.75, 3.05) is 20.2 Å². The van der Waals surface area contributed by atoms with E-state index in [0.717, 1.165) is 55.8 Å². The van der Waals surface area contributed by atoms with Crippen molar-refractivity contribution in [1.82, 2.24) is 4.90 Å². The maximum Gasteiger partial charge on any atom is 0.337 e. The zero-order chi connectivity index (χ0) is 24.9. The Morgan fingerprint density at radius 1 is 0.800 bits per heavy atom. The van der Waals surface area contributed by atoms with Gasteiger partial charge < -0.3 is 14.3 Å². The molecule has 0 radical (unpaired) electrons. The van der Waals surface area contributed by atoms with Gasteiger partial charge in [-0.15, -0.1) is 0 Å². The molecule has 0 fully saturated rings. The number of hydrogen-bond acceptors (Lipinski definition) is 5. The van der Waals surface area contributed by atoms with E-state index < -0.39 is 0 Å². The van der Waals surface area contributed by atoms with E-state index >= 15 is 0 Å². The van der Waals surface area contributed by atoms with Crippen LogP contribution in [0, 0.1) is 0 Å². The Hall–Kier alpha value is -3.44. The highest BCUT2D eigenvalue weighted by molar-refractivity contribution is 5.89. The predicted molar refractivity (Wildman–Crippen MR) is 139 cm³/mol. The summed E-state index contributed by atoms with van der Waals surface area (Å²) in [6, 6.07) is 26.0. The molecule has 0 aliphatic carbocycles. The molecule has 0 spiro atoms. The van der Waals surface area contributed by atoms with Crippen molar-refractivity contribution in [3.8, 4) is 5.75 Å². The quantitative estimate of drug-likeness (QED) is 0.217. The summed E-state index contributed by atoms with van der Waals surface area (Å²) in [5, 5.41) is 0. The van der Waals surface area contributed by atoms with Crippen LogP contribution in [-0.4, -0.2) is 36.9 Å². The lowest BCUT2D eigenvalue weighted by Crippen LogP contribution is -2.27. The van der Waals surface area contributed by atoms with E-state index in [1.807, 2.05) is 60.7 Å². The van der Waals surface area contributed by atoms with E-state index in [-0.39, 0.29) is 11.8 Å². The highest BCUT2D eigenvalue weighted by Gasteiger charge is 2.11. The first-order chi connectivity index (χ1) is 17.0. The molecule has 0 saturated carbocycles. The van der Waals surface area contributed by atoms with E-state index in [4.69, 9.17) is 9.47 Å². The molecule has 5 nitrogen and oxygen atoms in total. The van der Waals surface area contributed by atoms with Gasteiger partial charge in [-0.3, -0.25) is 4.90 Å². The monoisotopic (exact) mass is 473 g/mol. The molecule has 3 rings (SSSR count). The minimum absolute atomic E-state index is 0.236. The molecule has 184 valence electrons. The van der Waals surface area contributed by atoms with Crippen molar-refractivity contribution in [1.29, 1.82) is 0 Å². The highest BCUT2D eigenvalue weighted by atomic mass is 16.5. The summed E-state index contributed by atoms with van der Waals surface area (Å²) in [6.45, 7) is 4.73. The maximum atomic E-state index is 11.7. The van der Waals surface area contributed by atoms with Crippen LogP contribution < -0.4 is 4.74 Å². The summed E-state index contributed by atoms with van der Waals surface area (Å²) in [4.78, 5) is 25.5. The fraction of sp³-hybridized carbons (Fsp3) is 0.333. The largest absolute Gasteiger partial charge is 0.489 e. The van der Waals surface area contributed by atoms with Crippen molar-refractivity contribution < 1.29 is 19.1 Å². The zero-order valence-electron chi connectivity index (χ0n) is 20.7. The average Bonchev–Trinajstić information content (AvgIpc) is 2.89. The number of Topliss-reactive ketones (excluding diaryl/α,β-unsaturated/α-hetero) is 1. The van der Waals surface area contributed by atoms with Crippen LogP contribution in [-0.2, 0) is 29.1 Å². The number of hydrogen-bond donors (Lipinski definition) is 0. The molecule has 0 amide bonds.